The summed E-state index contributed by atoms with van der Waals surface area (Å²) < 4.78 is 0. The second-order valence-electron chi connectivity index (χ2n) is 10.6. The summed E-state index contributed by atoms with van der Waals surface area (Å²) in [7, 11) is 4.03. The van der Waals surface area contributed by atoms with Crippen molar-refractivity contribution in [2.24, 2.45) is 0 Å². The molecule has 1 aliphatic heterocycles. The van der Waals surface area contributed by atoms with Gasteiger partial charge in [-0.1, -0.05) is 45.9 Å². The molecule has 0 aromatic heterocycles. The van der Waals surface area contributed by atoms with E-state index in [2.05, 4.69) is 70.0 Å². The smallest absolute Gasteiger partial charge is 0.236 e. The lowest BCUT2D eigenvalue weighted by Crippen LogP contribution is -2.51. The molecule has 2 aromatic carbocycles. The third-order valence-electron chi connectivity index (χ3n) is 6.63. The van der Waals surface area contributed by atoms with Gasteiger partial charge >= 0.3 is 0 Å². The minimum Gasteiger partial charge on any atom is -0.378 e. The number of aryl methyl sites for hydroxylation is 1. The Morgan fingerprint density at radius 2 is 1.64 bits per heavy atom. The lowest BCUT2D eigenvalue weighted by atomic mass is 9.86. The van der Waals surface area contributed by atoms with Gasteiger partial charge in [0.15, 0.2) is 0 Å². The van der Waals surface area contributed by atoms with Crippen molar-refractivity contribution < 1.29 is 9.59 Å². The summed E-state index contributed by atoms with van der Waals surface area (Å²) in [5.41, 5.74) is 5.90. The number of benzene rings is 2. The molecule has 3 rings (SSSR count). The summed E-state index contributed by atoms with van der Waals surface area (Å²) in [4.78, 5) is 30.5. The number of fused-ring (bicyclic) bond motifs is 1. The molecule has 0 saturated heterocycles. The van der Waals surface area contributed by atoms with Crippen LogP contribution in [0.5, 0.6) is 0 Å². The van der Waals surface area contributed by atoms with Gasteiger partial charge in [-0.25, -0.2) is 0 Å². The molecule has 2 aromatic rings. The van der Waals surface area contributed by atoms with Crippen LogP contribution in [0.3, 0.4) is 0 Å². The van der Waals surface area contributed by atoms with Crippen LogP contribution in [0.15, 0.2) is 36.4 Å². The Hall–Kier alpha value is -2.82. The van der Waals surface area contributed by atoms with E-state index < -0.39 is 0 Å². The quantitative estimate of drug-likeness (QED) is 0.543. The average Bonchev–Trinajstić information content (AvgIpc) is 2.72. The number of anilines is 3. The van der Waals surface area contributed by atoms with Gasteiger partial charge in [-0.15, -0.1) is 0 Å². The van der Waals surface area contributed by atoms with Crippen molar-refractivity contribution in [3.05, 3.63) is 53.1 Å². The van der Waals surface area contributed by atoms with E-state index in [1.807, 2.05) is 37.2 Å². The van der Waals surface area contributed by atoms with Crippen LogP contribution >= 0.6 is 0 Å². The predicted molar refractivity (Wildman–Crippen MR) is 139 cm³/mol. The van der Waals surface area contributed by atoms with Crippen molar-refractivity contribution in [2.75, 3.05) is 29.2 Å². The standard InChI is InChI=1S/C28H39N3O2/c1-18(2)22-10-9-11-23(19(3)4)27(22)29-25(32)17-26(33)31-24-13-12-21(30(7)8)16-20(24)14-15-28(31,5)6/h9-13,16,18-19H,14-15,17H2,1-8H3,(H,29,32). The molecule has 33 heavy (non-hydrogen) atoms. The fourth-order valence-corrected chi connectivity index (χ4v) is 4.71. The number of para-hydroxylation sites is 1. The highest BCUT2D eigenvalue weighted by molar-refractivity contribution is 6.10. The number of hydrogen-bond donors (Lipinski definition) is 1. The van der Waals surface area contributed by atoms with Crippen LogP contribution in [0.2, 0.25) is 0 Å². The second kappa shape index (κ2) is 9.58. The van der Waals surface area contributed by atoms with E-state index in [1.54, 1.807) is 0 Å². The Balaban J connectivity index is 1.87. The summed E-state index contributed by atoms with van der Waals surface area (Å²) in [6, 6.07) is 12.4. The summed E-state index contributed by atoms with van der Waals surface area (Å²) in [6.45, 7) is 12.6. The highest BCUT2D eigenvalue weighted by atomic mass is 16.2. The van der Waals surface area contributed by atoms with Crippen molar-refractivity contribution in [2.45, 2.75) is 78.2 Å². The van der Waals surface area contributed by atoms with E-state index in [1.165, 1.54) is 0 Å². The number of rotatable bonds is 6. The van der Waals surface area contributed by atoms with Gasteiger partial charge in [-0.2, -0.15) is 0 Å². The Bertz CT molecular complexity index is 1010. The first-order valence-corrected chi connectivity index (χ1v) is 12.0. The lowest BCUT2D eigenvalue weighted by Gasteiger charge is -2.43. The van der Waals surface area contributed by atoms with Crippen LogP contribution in [0.25, 0.3) is 0 Å². The number of nitrogens with zero attached hydrogens (tertiary/aromatic N) is 2. The van der Waals surface area contributed by atoms with E-state index >= 15 is 0 Å². The first-order chi connectivity index (χ1) is 15.4. The van der Waals surface area contributed by atoms with Gasteiger partial charge in [0.05, 0.1) is 0 Å². The first kappa shape index (κ1) is 24.8. The van der Waals surface area contributed by atoms with Gasteiger partial charge in [-0.3, -0.25) is 9.59 Å². The molecule has 2 amide bonds. The van der Waals surface area contributed by atoms with Crippen molar-refractivity contribution >= 4 is 28.9 Å². The molecule has 0 spiro atoms. The molecule has 0 saturated carbocycles. The Kier molecular flexibility index (Phi) is 7.20. The van der Waals surface area contributed by atoms with Gasteiger partial charge in [0.2, 0.25) is 11.8 Å². The monoisotopic (exact) mass is 449 g/mol. The van der Waals surface area contributed by atoms with Crippen molar-refractivity contribution in [1.29, 1.82) is 0 Å². The second-order valence-corrected chi connectivity index (χ2v) is 10.6. The summed E-state index contributed by atoms with van der Waals surface area (Å²) in [5, 5.41) is 3.09. The predicted octanol–water partition coefficient (Wildman–Crippen LogP) is 6.09. The molecule has 0 unspecified atom stereocenters. The van der Waals surface area contributed by atoms with Crippen molar-refractivity contribution in [1.82, 2.24) is 0 Å². The number of carbonyl (C=O) groups excluding carboxylic acids is 2. The molecule has 5 nitrogen and oxygen atoms in total. The van der Waals surface area contributed by atoms with Crippen LogP contribution in [-0.4, -0.2) is 31.4 Å². The van der Waals surface area contributed by atoms with E-state index in [9.17, 15) is 9.59 Å². The average molecular weight is 450 g/mol. The molecule has 1 aliphatic rings. The SMILES string of the molecule is CC(C)c1cccc(C(C)C)c1NC(=O)CC(=O)N1c2ccc(N(C)C)cc2CCC1(C)C. The highest BCUT2D eigenvalue weighted by Gasteiger charge is 2.37. The molecule has 0 atom stereocenters. The largest absolute Gasteiger partial charge is 0.378 e. The first-order valence-electron chi connectivity index (χ1n) is 12.0. The molecule has 1 N–H and O–H groups in total. The maximum Gasteiger partial charge on any atom is 0.236 e. The van der Waals surface area contributed by atoms with Gasteiger partial charge in [0.25, 0.3) is 0 Å². The van der Waals surface area contributed by atoms with E-state index in [0.29, 0.717) is 0 Å². The number of amides is 2. The van der Waals surface area contributed by atoms with Crippen LogP contribution in [0.4, 0.5) is 17.1 Å². The molecule has 178 valence electrons. The van der Waals surface area contributed by atoms with Gasteiger partial charge in [-0.05, 0) is 73.4 Å². The number of nitrogens with one attached hydrogen (secondary N) is 1. The lowest BCUT2D eigenvalue weighted by molar-refractivity contribution is -0.125. The summed E-state index contributed by atoms with van der Waals surface area (Å²) >= 11 is 0. The molecule has 0 bridgehead atoms. The van der Waals surface area contributed by atoms with Crippen LogP contribution in [0, 0.1) is 0 Å². The van der Waals surface area contributed by atoms with E-state index in [0.717, 1.165) is 46.6 Å². The third kappa shape index (κ3) is 5.23. The molecule has 1 heterocycles. The van der Waals surface area contributed by atoms with Gasteiger partial charge in [0, 0.05) is 36.7 Å². The van der Waals surface area contributed by atoms with E-state index in [-0.39, 0.29) is 35.6 Å². The normalized spacial score (nSPS) is 14.9. The molecular weight excluding hydrogens is 410 g/mol. The fourth-order valence-electron chi connectivity index (χ4n) is 4.71. The molecule has 0 fully saturated rings. The molecular formula is C28H39N3O2. The maximum absolute atomic E-state index is 13.5. The summed E-state index contributed by atoms with van der Waals surface area (Å²) in [6.07, 6.45) is 1.60. The van der Waals surface area contributed by atoms with Crippen LogP contribution < -0.4 is 15.1 Å². The minimum atomic E-state index is -0.344. The van der Waals surface area contributed by atoms with Crippen molar-refractivity contribution in [3.63, 3.8) is 0 Å². The fraction of sp³-hybridized carbons (Fsp3) is 0.500. The zero-order valence-corrected chi connectivity index (χ0v) is 21.5. The Labute approximate surface area is 199 Å². The topological polar surface area (TPSA) is 52.7 Å². The number of carbonyl (C=O) groups is 2. The molecule has 5 heteroatoms. The number of hydrogen-bond acceptors (Lipinski definition) is 3. The van der Waals surface area contributed by atoms with Gasteiger partial charge in [0.1, 0.15) is 6.42 Å². The summed E-state index contributed by atoms with van der Waals surface area (Å²) in [5.74, 6) is 0.119. The Morgan fingerprint density at radius 1 is 1.03 bits per heavy atom. The zero-order chi connectivity index (χ0) is 24.5. The molecule has 0 aliphatic carbocycles. The van der Waals surface area contributed by atoms with Gasteiger partial charge < -0.3 is 15.1 Å². The van der Waals surface area contributed by atoms with Crippen LogP contribution in [-0.2, 0) is 16.0 Å². The maximum atomic E-state index is 13.5. The van der Waals surface area contributed by atoms with Crippen LogP contribution in [0.1, 0.15) is 82.9 Å². The van der Waals surface area contributed by atoms with Crippen molar-refractivity contribution in [3.8, 4) is 0 Å². The zero-order valence-electron chi connectivity index (χ0n) is 21.5. The van der Waals surface area contributed by atoms with E-state index in [4.69, 9.17) is 0 Å². The Morgan fingerprint density at radius 3 is 2.18 bits per heavy atom. The molecule has 0 radical (unpaired) electrons. The third-order valence-corrected chi connectivity index (χ3v) is 6.63. The minimum absolute atomic E-state index is 0.163. The highest BCUT2D eigenvalue weighted by Crippen LogP contribution is 2.39.